The fraction of sp³-hybridized carbons (Fsp3) is 0.526. The first kappa shape index (κ1) is 20.3. The molecule has 0 aromatic heterocycles. The van der Waals surface area contributed by atoms with Crippen molar-refractivity contribution in [1.82, 2.24) is 5.32 Å². The van der Waals surface area contributed by atoms with Crippen molar-refractivity contribution in [2.24, 2.45) is 5.92 Å². The van der Waals surface area contributed by atoms with Gasteiger partial charge in [0.15, 0.2) is 6.61 Å². The number of para-hydroxylation sites is 1. The summed E-state index contributed by atoms with van der Waals surface area (Å²) in [6, 6.07) is 7.47. The second-order valence-electron chi connectivity index (χ2n) is 6.90. The van der Waals surface area contributed by atoms with Crippen LogP contribution in [0, 0.1) is 5.92 Å². The molecule has 1 heterocycles. The summed E-state index contributed by atoms with van der Waals surface area (Å²) in [7, 11) is 0. The lowest BCUT2D eigenvalue weighted by atomic mass is 10.0. The fourth-order valence-corrected chi connectivity index (χ4v) is 3.65. The van der Waals surface area contributed by atoms with Crippen molar-refractivity contribution in [3.63, 3.8) is 0 Å². The number of carbonyl (C=O) groups is 3. The van der Waals surface area contributed by atoms with Gasteiger partial charge in [-0.15, -0.1) is 11.8 Å². The van der Waals surface area contributed by atoms with Crippen LogP contribution in [0.25, 0.3) is 0 Å². The number of carbonyl (C=O) groups excluding carboxylic acids is 3. The minimum absolute atomic E-state index is 0.0415. The predicted octanol–water partition coefficient (Wildman–Crippen LogP) is 2.97. The number of fused-ring (bicyclic) bond motifs is 1. The van der Waals surface area contributed by atoms with Crippen molar-refractivity contribution >= 4 is 35.2 Å². The van der Waals surface area contributed by atoms with Crippen LogP contribution in [0.2, 0.25) is 0 Å². The Labute approximate surface area is 158 Å². The van der Waals surface area contributed by atoms with Gasteiger partial charge in [-0.3, -0.25) is 14.4 Å². The molecule has 2 amide bonds. The van der Waals surface area contributed by atoms with Crippen LogP contribution in [0.5, 0.6) is 0 Å². The van der Waals surface area contributed by atoms with E-state index in [0.29, 0.717) is 5.92 Å². The monoisotopic (exact) mass is 378 g/mol. The van der Waals surface area contributed by atoms with E-state index >= 15 is 0 Å². The van der Waals surface area contributed by atoms with Crippen LogP contribution in [0.3, 0.4) is 0 Å². The summed E-state index contributed by atoms with van der Waals surface area (Å²) in [6.07, 6.45) is 1.84. The van der Waals surface area contributed by atoms with E-state index in [0.717, 1.165) is 23.4 Å². The number of anilines is 1. The molecule has 0 aliphatic carbocycles. The van der Waals surface area contributed by atoms with Gasteiger partial charge in [0.05, 0.1) is 17.4 Å². The molecule has 2 atom stereocenters. The van der Waals surface area contributed by atoms with Gasteiger partial charge in [-0.05, 0) is 37.8 Å². The van der Waals surface area contributed by atoms with Crippen LogP contribution in [0.15, 0.2) is 29.2 Å². The number of benzene rings is 1. The summed E-state index contributed by atoms with van der Waals surface area (Å²) in [5, 5.41) is 5.05. The van der Waals surface area contributed by atoms with Gasteiger partial charge >= 0.3 is 5.97 Å². The third-order valence-corrected chi connectivity index (χ3v) is 5.28. The van der Waals surface area contributed by atoms with E-state index in [1.807, 2.05) is 31.2 Å². The van der Waals surface area contributed by atoms with Gasteiger partial charge in [-0.25, -0.2) is 0 Å². The molecule has 6 nitrogen and oxygen atoms in total. The van der Waals surface area contributed by atoms with E-state index in [1.54, 1.807) is 0 Å². The van der Waals surface area contributed by atoms with Crippen molar-refractivity contribution < 1.29 is 19.1 Å². The van der Waals surface area contributed by atoms with Gasteiger partial charge in [-0.2, -0.15) is 0 Å². The highest BCUT2D eigenvalue weighted by atomic mass is 32.2. The van der Waals surface area contributed by atoms with E-state index in [1.165, 1.54) is 11.8 Å². The van der Waals surface area contributed by atoms with Crippen molar-refractivity contribution in [3.8, 4) is 0 Å². The van der Waals surface area contributed by atoms with Crippen molar-refractivity contribution in [3.05, 3.63) is 24.3 Å². The molecule has 26 heavy (non-hydrogen) atoms. The Bertz CT molecular complexity index is 663. The molecule has 142 valence electrons. The van der Waals surface area contributed by atoms with E-state index in [-0.39, 0.29) is 30.9 Å². The highest BCUT2D eigenvalue weighted by molar-refractivity contribution is 8.01. The Balaban J connectivity index is 1.73. The highest BCUT2D eigenvalue weighted by Gasteiger charge is 2.29. The molecule has 1 aromatic carbocycles. The number of ether oxygens (including phenoxy) is 1. The first-order valence-electron chi connectivity index (χ1n) is 8.86. The van der Waals surface area contributed by atoms with E-state index < -0.39 is 11.2 Å². The van der Waals surface area contributed by atoms with Crippen molar-refractivity contribution in [2.45, 2.75) is 56.2 Å². The highest BCUT2D eigenvalue weighted by Crippen LogP contribution is 2.36. The Morgan fingerprint density at radius 2 is 1.96 bits per heavy atom. The number of thioether (sulfide) groups is 1. The third-order valence-electron chi connectivity index (χ3n) is 4.01. The standard InChI is InChI=1S/C19H26N2O4S/c1-12(2)8-9-13(3)20-17(22)11-25-18(23)10-16-19(24)21-14-6-4-5-7-15(14)26-16/h4-7,12-13,16H,8-11H2,1-3H3,(H,20,22)(H,21,24)/t13-,16+/m0/s1. The maximum Gasteiger partial charge on any atom is 0.307 e. The topological polar surface area (TPSA) is 84.5 Å². The maximum atomic E-state index is 12.1. The average molecular weight is 378 g/mol. The molecule has 2 rings (SSSR count). The van der Waals surface area contributed by atoms with Gasteiger partial charge < -0.3 is 15.4 Å². The quantitative estimate of drug-likeness (QED) is 0.680. The molecule has 1 aliphatic heterocycles. The normalized spacial score (nSPS) is 17.2. The van der Waals surface area contributed by atoms with Gasteiger partial charge in [0.25, 0.3) is 5.91 Å². The first-order chi connectivity index (χ1) is 12.3. The smallest absolute Gasteiger partial charge is 0.307 e. The second kappa shape index (κ2) is 9.62. The van der Waals surface area contributed by atoms with Gasteiger partial charge in [0.2, 0.25) is 5.91 Å². The van der Waals surface area contributed by atoms with Crippen molar-refractivity contribution in [2.75, 3.05) is 11.9 Å². The van der Waals surface area contributed by atoms with E-state index in [4.69, 9.17) is 4.74 Å². The molecular formula is C19H26N2O4S. The Morgan fingerprint density at radius 1 is 1.23 bits per heavy atom. The summed E-state index contributed by atoms with van der Waals surface area (Å²) >= 11 is 1.33. The zero-order valence-electron chi connectivity index (χ0n) is 15.4. The number of amides is 2. The Morgan fingerprint density at radius 3 is 2.69 bits per heavy atom. The summed E-state index contributed by atoms with van der Waals surface area (Å²) in [4.78, 5) is 36.8. The lowest BCUT2D eigenvalue weighted by molar-refractivity contribution is -0.149. The van der Waals surface area contributed by atoms with Crippen LogP contribution >= 0.6 is 11.8 Å². The molecule has 7 heteroatoms. The molecule has 1 aliphatic rings. The number of rotatable bonds is 8. The summed E-state index contributed by atoms with van der Waals surface area (Å²) in [5.41, 5.74) is 0.752. The molecule has 0 unspecified atom stereocenters. The van der Waals surface area contributed by atoms with Crippen molar-refractivity contribution in [1.29, 1.82) is 0 Å². The zero-order chi connectivity index (χ0) is 19.1. The molecule has 1 aromatic rings. The molecule has 0 spiro atoms. The molecule has 0 radical (unpaired) electrons. The van der Waals surface area contributed by atoms with E-state index in [9.17, 15) is 14.4 Å². The minimum atomic E-state index is -0.554. The van der Waals surface area contributed by atoms with Crippen LogP contribution < -0.4 is 10.6 Å². The molecule has 0 saturated heterocycles. The summed E-state index contributed by atoms with van der Waals surface area (Å²) < 4.78 is 5.03. The molecular weight excluding hydrogens is 352 g/mol. The van der Waals surface area contributed by atoms with Crippen LogP contribution in [0.4, 0.5) is 5.69 Å². The number of hydrogen-bond acceptors (Lipinski definition) is 5. The largest absolute Gasteiger partial charge is 0.456 e. The fourth-order valence-electron chi connectivity index (χ4n) is 2.56. The average Bonchev–Trinajstić information content (AvgIpc) is 2.59. The maximum absolute atomic E-state index is 12.1. The van der Waals surface area contributed by atoms with Crippen LogP contribution in [-0.2, 0) is 19.1 Å². The second-order valence-corrected chi connectivity index (χ2v) is 8.14. The molecule has 0 saturated carbocycles. The Hall–Kier alpha value is -2.02. The first-order valence-corrected chi connectivity index (χ1v) is 9.74. The van der Waals surface area contributed by atoms with Crippen LogP contribution in [-0.4, -0.2) is 35.7 Å². The van der Waals surface area contributed by atoms with Crippen LogP contribution in [0.1, 0.15) is 40.0 Å². The van der Waals surface area contributed by atoms with Gasteiger partial charge in [0, 0.05) is 10.9 Å². The predicted molar refractivity (Wildman–Crippen MR) is 102 cm³/mol. The third kappa shape index (κ3) is 6.37. The molecule has 0 bridgehead atoms. The SMILES string of the molecule is CC(C)CC[C@H](C)NC(=O)COC(=O)C[C@H]1Sc2ccccc2NC1=O. The number of nitrogens with one attached hydrogen (secondary N) is 2. The molecule has 2 N–H and O–H groups in total. The van der Waals surface area contributed by atoms with E-state index in [2.05, 4.69) is 24.5 Å². The number of hydrogen-bond donors (Lipinski definition) is 2. The number of esters is 1. The lowest BCUT2D eigenvalue weighted by Gasteiger charge is -2.23. The Kier molecular flexibility index (Phi) is 7.50. The molecule has 0 fully saturated rings. The minimum Gasteiger partial charge on any atom is -0.456 e. The summed E-state index contributed by atoms with van der Waals surface area (Å²) in [6.45, 7) is 5.88. The van der Waals surface area contributed by atoms with Gasteiger partial charge in [0.1, 0.15) is 0 Å². The summed E-state index contributed by atoms with van der Waals surface area (Å²) in [5.74, 6) is -0.517. The van der Waals surface area contributed by atoms with Gasteiger partial charge in [-0.1, -0.05) is 26.0 Å². The zero-order valence-corrected chi connectivity index (χ0v) is 16.2. The lowest BCUT2D eigenvalue weighted by Crippen LogP contribution is -2.37.